The second-order valence-corrected chi connectivity index (χ2v) is 7.50. The first-order valence-electron chi connectivity index (χ1n) is 9.83. The third kappa shape index (κ3) is 4.47. The molecule has 0 aliphatic carbocycles. The number of ether oxygens (including phenoxy) is 1. The Morgan fingerprint density at radius 3 is 2.48 bits per heavy atom. The lowest BCUT2D eigenvalue weighted by Gasteiger charge is -2.36. The molecule has 4 heterocycles. The maximum Gasteiger partial charge on any atom is 0.134 e. The van der Waals surface area contributed by atoms with Crippen LogP contribution in [0.1, 0.15) is 32.3 Å². The van der Waals surface area contributed by atoms with Crippen molar-refractivity contribution in [1.29, 1.82) is 0 Å². The standard InChI is InChI=1S/C20H28N6O/c1-15-12-26(13-16(2)27-15)19-6-5-17(11-22-19)10-21-18-9-20(24-14-23-18)25-7-3-4-8-25/h5-6,9,11,14-16H,3-4,7-8,10,12-13H2,1-2H3,(H,21,23,24). The first-order valence-corrected chi connectivity index (χ1v) is 9.83. The number of hydrogen-bond acceptors (Lipinski definition) is 7. The lowest BCUT2D eigenvalue weighted by Crippen LogP contribution is -2.45. The Morgan fingerprint density at radius 1 is 1.00 bits per heavy atom. The Hall–Kier alpha value is -2.41. The Bertz CT molecular complexity index is 736. The zero-order valence-corrected chi connectivity index (χ0v) is 16.1. The van der Waals surface area contributed by atoms with Crippen LogP contribution < -0.4 is 15.1 Å². The quantitative estimate of drug-likeness (QED) is 0.870. The highest BCUT2D eigenvalue weighted by Gasteiger charge is 2.23. The molecular formula is C20H28N6O. The van der Waals surface area contributed by atoms with Crippen LogP contribution in [0, 0.1) is 0 Å². The summed E-state index contributed by atoms with van der Waals surface area (Å²) in [5.74, 6) is 2.87. The molecule has 27 heavy (non-hydrogen) atoms. The van der Waals surface area contributed by atoms with Gasteiger partial charge in [0.2, 0.25) is 0 Å². The van der Waals surface area contributed by atoms with Crippen molar-refractivity contribution >= 4 is 17.5 Å². The van der Waals surface area contributed by atoms with Gasteiger partial charge in [-0.3, -0.25) is 0 Å². The summed E-state index contributed by atoms with van der Waals surface area (Å²) in [5, 5.41) is 3.39. The molecule has 0 saturated carbocycles. The zero-order valence-electron chi connectivity index (χ0n) is 16.1. The maximum atomic E-state index is 5.80. The average molecular weight is 368 g/mol. The van der Waals surface area contributed by atoms with Crippen molar-refractivity contribution in [3.8, 4) is 0 Å². The van der Waals surface area contributed by atoms with Gasteiger partial charge in [-0.25, -0.2) is 15.0 Å². The molecule has 1 N–H and O–H groups in total. The van der Waals surface area contributed by atoms with E-state index in [4.69, 9.17) is 4.74 Å². The van der Waals surface area contributed by atoms with Crippen molar-refractivity contribution < 1.29 is 4.74 Å². The molecule has 2 aromatic heterocycles. The molecule has 2 unspecified atom stereocenters. The molecule has 4 rings (SSSR count). The van der Waals surface area contributed by atoms with E-state index in [1.54, 1.807) is 6.33 Å². The van der Waals surface area contributed by atoms with Gasteiger partial charge < -0.3 is 19.9 Å². The van der Waals surface area contributed by atoms with E-state index in [1.807, 2.05) is 12.3 Å². The number of morpholine rings is 1. The third-order valence-corrected chi connectivity index (χ3v) is 5.11. The minimum atomic E-state index is 0.236. The largest absolute Gasteiger partial charge is 0.372 e. The minimum Gasteiger partial charge on any atom is -0.372 e. The van der Waals surface area contributed by atoms with Gasteiger partial charge in [-0.2, -0.15) is 0 Å². The lowest BCUT2D eigenvalue weighted by molar-refractivity contribution is -0.00545. The van der Waals surface area contributed by atoms with Crippen LogP contribution >= 0.6 is 0 Å². The van der Waals surface area contributed by atoms with Crippen LogP contribution in [-0.2, 0) is 11.3 Å². The highest BCUT2D eigenvalue weighted by atomic mass is 16.5. The summed E-state index contributed by atoms with van der Waals surface area (Å²) < 4.78 is 5.80. The van der Waals surface area contributed by atoms with Crippen LogP contribution in [0.25, 0.3) is 0 Å². The smallest absolute Gasteiger partial charge is 0.134 e. The van der Waals surface area contributed by atoms with Gasteiger partial charge in [-0.05, 0) is 38.3 Å². The first-order chi connectivity index (χ1) is 13.2. The van der Waals surface area contributed by atoms with Gasteiger partial charge in [0.25, 0.3) is 0 Å². The molecule has 2 saturated heterocycles. The van der Waals surface area contributed by atoms with Gasteiger partial charge in [0.05, 0.1) is 12.2 Å². The van der Waals surface area contributed by atoms with Gasteiger partial charge in [0, 0.05) is 45.0 Å². The van der Waals surface area contributed by atoms with Crippen molar-refractivity contribution in [2.45, 2.75) is 45.4 Å². The second-order valence-electron chi connectivity index (χ2n) is 7.50. The minimum absolute atomic E-state index is 0.236. The van der Waals surface area contributed by atoms with Gasteiger partial charge in [-0.15, -0.1) is 0 Å². The fraction of sp³-hybridized carbons (Fsp3) is 0.550. The van der Waals surface area contributed by atoms with Crippen LogP contribution in [0.3, 0.4) is 0 Å². The predicted molar refractivity (Wildman–Crippen MR) is 107 cm³/mol. The Labute approximate surface area is 160 Å². The van der Waals surface area contributed by atoms with Crippen molar-refractivity contribution in [2.75, 3.05) is 41.3 Å². The first kappa shape index (κ1) is 18.0. The number of anilines is 3. The van der Waals surface area contributed by atoms with Crippen molar-refractivity contribution in [3.63, 3.8) is 0 Å². The molecule has 0 aromatic carbocycles. The SMILES string of the molecule is CC1CN(c2ccc(CNc3cc(N4CCCC4)ncn3)cn2)CC(C)O1. The van der Waals surface area contributed by atoms with Crippen molar-refractivity contribution in [2.24, 2.45) is 0 Å². The van der Waals surface area contributed by atoms with Crippen molar-refractivity contribution in [3.05, 3.63) is 36.3 Å². The Kier molecular flexibility index (Phi) is 5.38. The van der Waals surface area contributed by atoms with E-state index >= 15 is 0 Å². The molecule has 2 aromatic rings. The number of rotatable bonds is 5. The van der Waals surface area contributed by atoms with E-state index in [9.17, 15) is 0 Å². The van der Waals surface area contributed by atoms with Crippen molar-refractivity contribution in [1.82, 2.24) is 15.0 Å². The number of nitrogens with zero attached hydrogens (tertiary/aromatic N) is 5. The van der Waals surface area contributed by atoms with Crippen LogP contribution in [-0.4, -0.2) is 53.3 Å². The van der Waals surface area contributed by atoms with Crippen LogP contribution in [0.2, 0.25) is 0 Å². The number of pyridine rings is 1. The molecule has 2 aliphatic heterocycles. The fourth-order valence-corrected chi connectivity index (χ4v) is 3.83. The molecule has 7 heteroatoms. The number of aromatic nitrogens is 3. The highest BCUT2D eigenvalue weighted by Crippen LogP contribution is 2.21. The van der Waals surface area contributed by atoms with E-state index in [0.29, 0.717) is 6.54 Å². The molecule has 7 nitrogen and oxygen atoms in total. The summed E-state index contributed by atoms with van der Waals surface area (Å²) in [6.07, 6.45) is 6.53. The van der Waals surface area contributed by atoms with Gasteiger partial charge >= 0.3 is 0 Å². The molecule has 2 atom stereocenters. The van der Waals surface area contributed by atoms with Gasteiger partial charge in [-0.1, -0.05) is 6.07 Å². The summed E-state index contributed by atoms with van der Waals surface area (Å²) >= 11 is 0. The van der Waals surface area contributed by atoms with E-state index in [2.05, 4.69) is 56.0 Å². The second kappa shape index (κ2) is 8.08. The van der Waals surface area contributed by atoms with E-state index in [1.165, 1.54) is 12.8 Å². The van der Waals surface area contributed by atoms with E-state index in [0.717, 1.165) is 49.2 Å². The molecule has 2 aliphatic rings. The van der Waals surface area contributed by atoms with Gasteiger partial charge in [0.15, 0.2) is 0 Å². The molecule has 0 amide bonds. The summed E-state index contributed by atoms with van der Waals surface area (Å²) in [6.45, 7) is 8.85. The maximum absolute atomic E-state index is 5.80. The summed E-state index contributed by atoms with van der Waals surface area (Å²) in [4.78, 5) is 18.0. The molecule has 144 valence electrons. The average Bonchev–Trinajstić information content (AvgIpc) is 3.21. The number of hydrogen-bond donors (Lipinski definition) is 1. The van der Waals surface area contributed by atoms with Crippen LogP contribution in [0.5, 0.6) is 0 Å². The Balaban J connectivity index is 1.35. The molecule has 0 spiro atoms. The van der Waals surface area contributed by atoms with E-state index < -0.39 is 0 Å². The molecule has 0 bridgehead atoms. The molecular weight excluding hydrogens is 340 g/mol. The Morgan fingerprint density at radius 2 is 1.78 bits per heavy atom. The topological polar surface area (TPSA) is 66.4 Å². The highest BCUT2D eigenvalue weighted by molar-refractivity contribution is 5.49. The van der Waals surface area contributed by atoms with Crippen LogP contribution in [0.15, 0.2) is 30.7 Å². The summed E-state index contributed by atoms with van der Waals surface area (Å²) in [6, 6.07) is 6.25. The predicted octanol–water partition coefficient (Wildman–Crippen LogP) is 2.70. The lowest BCUT2D eigenvalue weighted by atomic mass is 10.2. The monoisotopic (exact) mass is 368 g/mol. The third-order valence-electron chi connectivity index (χ3n) is 5.11. The number of nitrogens with one attached hydrogen (secondary N) is 1. The van der Waals surface area contributed by atoms with E-state index in [-0.39, 0.29) is 12.2 Å². The van der Waals surface area contributed by atoms with Crippen LogP contribution in [0.4, 0.5) is 17.5 Å². The normalized spacial score (nSPS) is 22.9. The summed E-state index contributed by atoms with van der Waals surface area (Å²) in [5.41, 5.74) is 1.13. The summed E-state index contributed by atoms with van der Waals surface area (Å²) in [7, 11) is 0. The van der Waals surface area contributed by atoms with Gasteiger partial charge in [0.1, 0.15) is 23.8 Å². The fourth-order valence-electron chi connectivity index (χ4n) is 3.83. The molecule has 0 radical (unpaired) electrons. The molecule has 2 fully saturated rings. The zero-order chi connectivity index (χ0) is 18.6.